The van der Waals surface area contributed by atoms with Crippen LogP contribution >= 0.6 is 13.0 Å². The van der Waals surface area contributed by atoms with Gasteiger partial charge in [-0.25, -0.2) is 0 Å². The van der Waals surface area contributed by atoms with Crippen molar-refractivity contribution in [2.45, 2.75) is 158 Å². The molecule has 0 aliphatic rings. The number of rotatable bonds is 30. The Hall–Kier alpha value is 1.14. The van der Waals surface area contributed by atoms with Gasteiger partial charge in [-0.15, -0.1) is 0 Å². The smallest absolute Gasteiger partial charge is 0.198 e. The minimum absolute atomic E-state index is 0.438. The van der Waals surface area contributed by atoms with E-state index in [1.54, 1.807) is 0 Å². The highest BCUT2D eigenvalue weighted by Gasteiger charge is 2.34. The fourth-order valence-electron chi connectivity index (χ4n) is 4.92. The predicted molar refractivity (Wildman–Crippen MR) is 190 cm³/mol. The highest BCUT2D eigenvalue weighted by molar-refractivity contribution is 8.19. The molecule has 0 rings (SSSR count). The molecule has 0 saturated carbocycles. The second-order valence-electron chi connectivity index (χ2n) is 12.2. The molecule has 0 bridgehead atoms. The summed E-state index contributed by atoms with van der Waals surface area (Å²) in [6, 6.07) is 0. The van der Waals surface area contributed by atoms with Crippen molar-refractivity contribution < 1.29 is 18.1 Å². The second kappa shape index (κ2) is 26.4. The van der Waals surface area contributed by atoms with Crippen LogP contribution in [0, 0.1) is 23.7 Å². The summed E-state index contributed by atoms with van der Waals surface area (Å²) in [5.74, 6) is 2.44. The van der Waals surface area contributed by atoms with Crippen molar-refractivity contribution in [3.63, 3.8) is 0 Å². The molecule has 0 spiro atoms. The molecule has 0 aliphatic carbocycles. The molecule has 0 fully saturated rings. The van der Waals surface area contributed by atoms with Crippen LogP contribution < -0.4 is 0 Å². The van der Waals surface area contributed by atoms with Crippen molar-refractivity contribution >= 4 is 36.6 Å². The van der Waals surface area contributed by atoms with E-state index in [0.29, 0.717) is 56.0 Å². The van der Waals surface area contributed by atoms with Crippen LogP contribution in [0.25, 0.3) is 0 Å². The lowest BCUT2D eigenvalue weighted by molar-refractivity contribution is 0.171. The van der Waals surface area contributed by atoms with Gasteiger partial charge in [-0.3, -0.25) is 0 Å². The molecule has 0 aliphatic heterocycles. The molecule has 0 aromatic carbocycles. The van der Waals surface area contributed by atoms with Crippen molar-refractivity contribution in [2.75, 3.05) is 32.3 Å². The Labute approximate surface area is 267 Å². The van der Waals surface area contributed by atoms with E-state index in [0.717, 1.165) is 25.7 Å². The van der Waals surface area contributed by atoms with Crippen molar-refractivity contribution in [1.29, 1.82) is 0 Å². The minimum atomic E-state index is -2.69. The van der Waals surface area contributed by atoms with Crippen LogP contribution in [0.2, 0.25) is 0 Å². The van der Waals surface area contributed by atoms with Gasteiger partial charge >= 0.3 is 0 Å². The molecule has 248 valence electrons. The van der Waals surface area contributed by atoms with Gasteiger partial charge in [0.15, 0.2) is 13.0 Å². The second-order valence-corrected chi connectivity index (χ2v) is 20.2. The first-order valence-corrected chi connectivity index (χ1v) is 23.1. The van der Waals surface area contributed by atoms with E-state index >= 15 is 0 Å². The Morgan fingerprint density at radius 3 is 0.805 bits per heavy atom. The quantitative estimate of drug-likeness (QED) is 0.0716. The standard InChI is InChI=1S/C33H70O4P2S2/c1-9-17-21-30(13-5)25-34-38(40,35-26-31(14-6)22-18-10-2)29-39(41,36-27-32(15-7)23-19-11-3)37-28-33(16-8)24-20-12-4/h30-33H,9-29H2,1-8H3. The molecular weight excluding hydrogens is 586 g/mol. The average molecular weight is 657 g/mol. The summed E-state index contributed by atoms with van der Waals surface area (Å²) in [6.45, 7) is 15.2. The highest BCUT2D eigenvalue weighted by Crippen LogP contribution is 2.65. The Morgan fingerprint density at radius 1 is 0.415 bits per heavy atom. The van der Waals surface area contributed by atoms with Crippen LogP contribution in [-0.4, -0.2) is 32.3 Å². The SMILES string of the molecule is CCCCC(CC)COP(=S)(CP(=S)(OCC(CC)CCCC)OCC(CC)CCCC)OCC(CC)CCCC. The fourth-order valence-corrected chi connectivity index (χ4v) is 13.9. The molecule has 0 N–H and O–H groups in total. The monoisotopic (exact) mass is 656 g/mol. The fraction of sp³-hybridized carbons (Fsp3) is 1.00. The van der Waals surface area contributed by atoms with Crippen LogP contribution in [-0.2, 0) is 41.7 Å². The molecule has 0 saturated heterocycles. The summed E-state index contributed by atoms with van der Waals surface area (Å²) in [5, 5.41) is 0. The maximum Gasteiger partial charge on any atom is 0.198 e. The predicted octanol–water partition coefficient (Wildman–Crippen LogP) is 12.5. The first-order valence-electron chi connectivity index (χ1n) is 17.4. The maximum absolute atomic E-state index is 6.68. The van der Waals surface area contributed by atoms with E-state index in [-0.39, 0.29) is 0 Å². The molecule has 0 amide bonds. The summed E-state index contributed by atoms with van der Waals surface area (Å²) in [5.41, 5.74) is 0. The topological polar surface area (TPSA) is 36.9 Å². The highest BCUT2D eigenvalue weighted by atomic mass is 32.5. The van der Waals surface area contributed by atoms with Crippen LogP contribution in [0.15, 0.2) is 0 Å². The van der Waals surface area contributed by atoms with Gasteiger partial charge in [-0.1, -0.05) is 132 Å². The van der Waals surface area contributed by atoms with Crippen molar-refractivity contribution in [3.05, 3.63) is 0 Å². The zero-order valence-corrected chi connectivity index (χ0v) is 31.9. The van der Waals surface area contributed by atoms with Crippen molar-refractivity contribution in [2.24, 2.45) is 23.7 Å². The van der Waals surface area contributed by atoms with Crippen LogP contribution in [0.5, 0.6) is 0 Å². The Bertz CT molecular complexity index is 590. The molecule has 0 radical (unpaired) electrons. The Kier molecular flexibility index (Phi) is 27.1. The zero-order chi connectivity index (χ0) is 31.0. The van der Waals surface area contributed by atoms with E-state index in [2.05, 4.69) is 55.4 Å². The number of hydrogen-bond donors (Lipinski definition) is 0. The largest absolute Gasteiger partial charge is 0.329 e. The van der Waals surface area contributed by atoms with Gasteiger partial charge in [0.05, 0.1) is 32.3 Å². The third kappa shape index (κ3) is 20.7. The van der Waals surface area contributed by atoms with E-state index < -0.39 is 13.0 Å². The lowest BCUT2D eigenvalue weighted by atomic mass is 10.0. The van der Waals surface area contributed by atoms with Gasteiger partial charge in [0, 0.05) is 0 Å². The third-order valence-electron chi connectivity index (χ3n) is 8.55. The lowest BCUT2D eigenvalue weighted by Crippen LogP contribution is -2.17. The maximum atomic E-state index is 6.68. The lowest BCUT2D eigenvalue weighted by Gasteiger charge is -2.33. The van der Waals surface area contributed by atoms with Crippen molar-refractivity contribution in [3.8, 4) is 0 Å². The van der Waals surface area contributed by atoms with E-state index in [1.165, 1.54) is 77.0 Å². The van der Waals surface area contributed by atoms with Gasteiger partial charge in [-0.2, -0.15) is 0 Å². The molecule has 8 heteroatoms. The molecule has 0 aromatic heterocycles. The van der Waals surface area contributed by atoms with Crippen LogP contribution in [0.3, 0.4) is 0 Å². The summed E-state index contributed by atoms with van der Waals surface area (Å²) in [7, 11) is 0. The van der Waals surface area contributed by atoms with Gasteiger partial charge in [0.1, 0.15) is 0 Å². The minimum Gasteiger partial charge on any atom is -0.329 e. The molecule has 4 atom stereocenters. The van der Waals surface area contributed by atoms with Gasteiger partial charge < -0.3 is 18.1 Å². The van der Waals surface area contributed by atoms with Gasteiger partial charge in [-0.05, 0) is 73.0 Å². The third-order valence-corrected chi connectivity index (χ3v) is 16.8. The number of unbranched alkanes of at least 4 members (excludes halogenated alkanes) is 4. The molecule has 0 heterocycles. The summed E-state index contributed by atoms with van der Waals surface area (Å²) >= 11 is 12.7. The molecule has 4 unspecified atom stereocenters. The molecule has 4 nitrogen and oxygen atoms in total. The molecule has 41 heavy (non-hydrogen) atoms. The van der Waals surface area contributed by atoms with E-state index in [1.807, 2.05) is 0 Å². The first kappa shape index (κ1) is 42.1. The van der Waals surface area contributed by atoms with Gasteiger partial charge in [0.2, 0.25) is 0 Å². The zero-order valence-electron chi connectivity index (χ0n) is 28.5. The molecular formula is C33H70O4P2S2. The van der Waals surface area contributed by atoms with Crippen LogP contribution in [0.1, 0.15) is 158 Å². The van der Waals surface area contributed by atoms with Crippen molar-refractivity contribution in [1.82, 2.24) is 0 Å². The van der Waals surface area contributed by atoms with Crippen LogP contribution in [0.4, 0.5) is 0 Å². The Morgan fingerprint density at radius 2 is 0.634 bits per heavy atom. The van der Waals surface area contributed by atoms with Gasteiger partial charge in [0.25, 0.3) is 0 Å². The molecule has 0 aromatic rings. The summed E-state index contributed by atoms with van der Waals surface area (Å²) < 4.78 is 26.7. The average Bonchev–Trinajstić information content (AvgIpc) is 2.97. The Balaban J connectivity index is 5.97. The number of hydrogen-bond acceptors (Lipinski definition) is 6. The summed E-state index contributed by atoms with van der Waals surface area (Å²) in [4.78, 5) is 0. The van der Waals surface area contributed by atoms with E-state index in [9.17, 15) is 0 Å². The van der Waals surface area contributed by atoms with E-state index in [4.69, 9.17) is 41.7 Å². The summed E-state index contributed by atoms with van der Waals surface area (Å²) in [6.07, 6.45) is 18.7. The normalized spacial score (nSPS) is 18.0. The first-order chi connectivity index (χ1) is 19.7.